The van der Waals surface area contributed by atoms with E-state index in [1.165, 1.54) is 6.33 Å². The zero-order chi connectivity index (χ0) is 15.7. The van der Waals surface area contributed by atoms with Crippen molar-refractivity contribution in [3.63, 3.8) is 0 Å². The standard InChI is InChI=1S/C15H18N4O3/c1-17-7-2-3-12(17)13(20)18-8-4-15(5-9-18,14(21)22)19-10-6-16-11-19/h2-3,6-7,10-11H,4-5,8-9H2,1H3,(H,21,22). The Morgan fingerprint density at radius 3 is 2.50 bits per heavy atom. The number of carbonyl (C=O) groups excluding carboxylic acids is 1. The van der Waals surface area contributed by atoms with Gasteiger partial charge in [-0.3, -0.25) is 4.79 Å². The molecule has 1 fully saturated rings. The lowest BCUT2D eigenvalue weighted by Crippen LogP contribution is -2.52. The van der Waals surface area contributed by atoms with Crippen molar-refractivity contribution in [3.8, 4) is 0 Å². The lowest BCUT2D eigenvalue weighted by molar-refractivity contribution is -0.150. The number of carboxylic acids is 1. The molecule has 1 saturated heterocycles. The molecule has 0 aliphatic carbocycles. The van der Waals surface area contributed by atoms with Gasteiger partial charge in [-0.15, -0.1) is 0 Å². The van der Waals surface area contributed by atoms with E-state index in [-0.39, 0.29) is 5.91 Å². The van der Waals surface area contributed by atoms with E-state index in [1.54, 1.807) is 32.5 Å². The number of aromatic nitrogens is 3. The predicted octanol–water partition coefficient (Wildman–Crippen LogP) is 0.938. The second-order valence-electron chi connectivity index (χ2n) is 5.60. The molecule has 7 heteroatoms. The molecule has 2 aromatic rings. The number of aryl methyl sites for hydroxylation is 1. The van der Waals surface area contributed by atoms with Crippen LogP contribution in [0.1, 0.15) is 23.3 Å². The van der Waals surface area contributed by atoms with Crippen LogP contribution in [0, 0.1) is 0 Å². The zero-order valence-corrected chi connectivity index (χ0v) is 12.3. The van der Waals surface area contributed by atoms with Crippen molar-refractivity contribution in [1.82, 2.24) is 19.0 Å². The van der Waals surface area contributed by atoms with Gasteiger partial charge in [0.1, 0.15) is 11.2 Å². The average molecular weight is 302 g/mol. The number of hydrogen-bond acceptors (Lipinski definition) is 3. The molecule has 1 aliphatic rings. The summed E-state index contributed by atoms with van der Waals surface area (Å²) in [5.74, 6) is -0.936. The fourth-order valence-corrected chi connectivity index (χ4v) is 3.02. The number of hydrogen-bond donors (Lipinski definition) is 1. The molecule has 0 spiro atoms. The summed E-state index contributed by atoms with van der Waals surface area (Å²) in [6.07, 6.45) is 7.34. The Morgan fingerprint density at radius 1 is 1.27 bits per heavy atom. The highest BCUT2D eigenvalue weighted by molar-refractivity contribution is 5.93. The van der Waals surface area contributed by atoms with Crippen LogP contribution in [0.2, 0.25) is 0 Å². The first kappa shape index (κ1) is 14.4. The number of carboxylic acid groups (broad SMARTS) is 1. The summed E-state index contributed by atoms with van der Waals surface area (Å²) in [6.45, 7) is 0.822. The van der Waals surface area contributed by atoms with E-state index in [4.69, 9.17) is 0 Å². The fourth-order valence-electron chi connectivity index (χ4n) is 3.02. The van der Waals surface area contributed by atoms with Gasteiger partial charge in [0, 0.05) is 38.7 Å². The van der Waals surface area contributed by atoms with Gasteiger partial charge in [-0.05, 0) is 25.0 Å². The van der Waals surface area contributed by atoms with Gasteiger partial charge >= 0.3 is 5.97 Å². The summed E-state index contributed by atoms with van der Waals surface area (Å²) >= 11 is 0. The Morgan fingerprint density at radius 2 is 2.00 bits per heavy atom. The minimum Gasteiger partial charge on any atom is -0.479 e. The quantitative estimate of drug-likeness (QED) is 0.915. The lowest BCUT2D eigenvalue weighted by atomic mass is 9.87. The van der Waals surface area contributed by atoms with Crippen LogP contribution in [0.4, 0.5) is 0 Å². The largest absolute Gasteiger partial charge is 0.479 e. The van der Waals surface area contributed by atoms with E-state index in [1.807, 2.05) is 19.3 Å². The van der Waals surface area contributed by atoms with Crippen LogP contribution < -0.4 is 0 Å². The van der Waals surface area contributed by atoms with E-state index >= 15 is 0 Å². The van der Waals surface area contributed by atoms with Gasteiger partial charge in [-0.1, -0.05) is 0 Å². The van der Waals surface area contributed by atoms with Crippen molar-refractivity contribution in [2.75, 3.05) is 13.1 Å². The molecule has 1 aliphatic heterocycles. The van der Waals surface area contributed by atoms with Crippen molar-refractivity contribution in [2.45, 2.75) is 18.4 Å². The van der Waals surface area contributed by atoms with Gasteiger partial charge in [0.15, 0.2) is 0 Å². The smallest absolute Gasteiger partial charge is 0.330 e. The van der Waals surface area contributed by atoms with Gasteiger partial charge in [0.25, 0.3) is 5.91 Å². The van der Waals surface area contributed by atoms with Crippen molar-refractivity contribution in [1.29, 1.82) is 0 Å². The molecule has 0 unspecified atom stereocenters. The molecule has 0 radical (unpaired) electrons. The van der Waals surface area contributed by atoms with Crippen molar-refractivity contribution in [3.05, 3.63) is 42.7 Å². The molecular formula is C15H18N4O3. The molecule has 22 heavy (non-hydrogen) atoms. The molecule has 3 heterocycles. The third-order valence-electron chi connectivity index (χ3n) is 4.44. The maximum atomic E-state index is 12.5. The maximum Gasteiger partial charge on any atom is 0.330 e. The molecule has 0 bridgehead atoms. The van der Waals surface area contributed by atoms with Crippen LogP contribution in [-0.4, -0.2) is 49.1 Å². The third-order valence-corrected chi connectivity index (χ3v) is 4.44. The molecule has 1 amide bonds. The van der Waals surface area contributed by atoms with Crippen molar-refractivity contribution in [2.24, 2.45) is 7.05 Å². The lowest BCUT2D eigenvalue weighted by Gasteiger charge is -2.39. The SMILES string of the molecule is Cn1cccc1C(=O)N1CCC(C(=O)O)(n2ccnc2)CC1. The van der Waals surface area contributed by atoms with E-state index in [0.717, 1.165) is 0 Å². The molecule has 1 N–H and O–H groups in total. The first-order valence-corrected chi connectivity index (χ1v) is 7.17. The third kappa shape index (κ3) is 2.18. The van der Waals surface area contributed by atoms with Gasteiger partial charge in [0.05, 0.1) is 6.33 Å². The van der Waals surface area contributed by atoms with E-state index in [2.05, 4.69) is 4.98 Å². The van der Waals surface area contributed by atoms with E-state index in [0.29, 0.717) is 31.6 Å². The number of nitrogens with zero attached hydrogens (tertiary/aromatic N) is 4. The van der Waals surface area contributed by atoms with Gasteiger partial charge < -0.3 is 19.1 Å². The number of amides is 1. The topological polar surface area (TPSA) is 80.4 Å². The summed E-state index contributed by atoms with van der Waals surface area (Å²) < 4.78 is 3.41. The highest BCUT2D eigenvalue weighted by Gasteiger charge is 2.44. The van der Waals surface area contributed by atoms with Gasteiger partial charge in [0.2, 0.25) is 0 Å². The highest BCUT2D eigenvalue weighted by atomic mass is 16.4. The van der Waals surface area contributed by atoms with Crippen LogP contribution >= 0.6 is 0 Å². The van der Waals surface area contributed by atoms with E-state index in [9.17, 15) is 14.7 Å². The molecule has 0 saturated carbocycles. The minimum absolute atomic E-state index is 0.0582. The van der Waals surface area contributed by atoms with Crippen LogP contribution in [0.25, 0.3) is 0 Å². The molecular weight excluding hydrogens is 284 g/mol. The Balaban J connectivity index is 1.78. The second kappa shape index (κ2) is 5.32. The zero-order valence-electron chi connectivity index (χ0n) is 12.3. The Labute approximate surface area is 127 Å². The maximum absolute atomic E-state index is 12.5. The number of rotatable bonds is 3. The number of aliphatic carboxylic acids is 1. The molecule has 0 atom stereocenters. The van der Waals surface area contributed by atoms with Crippen LogP contribution in [0.3, 0.4) is 0 Å². The first-order chi connectivity index (χ1) is 10.5. The van der Waals surface area contributed by atoms with Crippen molar-refractivity contribution >= 4 is 11.9 Å². The Kier molecular flexibility index (Phi) is 3.48. The molecule has 7 nitrogen and oxygen atoms in total. The predicted molar refractivity (Wildman–Crippen MR) is 78.4 cm³/mol. The normalized spacial score (nSPS) is 17.4. The monoisotopic (exact) mass is 302 g/mol. The number of imidazole rings is 1. The van der Waals surface area contributed by atoms with Crippen LogP contribution in [0.15, 0.2) is 37.1 Å². The van der Waals surface area contributed by atoms with Crippen molar-refractivity contribution < 1.29 is 14.7 Å². The summed E-state index contributed by atoms with van der Waals surface area (Å²) in [4.78, 5) is 29.9. The Bertz CT molecular complexity index is 681. The van der Waals surface area contributed by atoms with Gasteiger partial charge in [-0.2, -0.15) is 0 Å². The number of piperidine rings is 1. The molecule has 2 aromatic heterocycles. The molecule has 116 valence electrons. The van der Waals surface area contributed by atoms with Crippen LogP contribution in [0.5, 0.6) is 0 Å². The van der Waals surface area contributed by atoms with E-state index < -0.39 is 11.5 Å². The minimum atomic E-state index is -1.01. The summed E-state index contributed by atoms with van der Waals surface area (Å²) in [5, 5.41) is 9.66. The second-order valence-corrected chi connectivity index (χ2v) is 5.60. The summed E-state index contributed by atoms with van der Waals surface area (Å²) in [6, 6.07) is 3.60. The van der Waals surface area contributed by atoms with Gasteiger partial charge in [-0.25, -0.2) is 9.78 Å². The number of carbonyl (C=O) groups is 2. The summed E-state index contributed by atoms with van der Waals surface area (Å²) in [5.41, 5.74) is -0.396. The summed E-state index contributed by atoms with van der Waals surface area (Å²) in [7, 11) is 1.82. The Hall–Kier alpha value is -2.57. The average Bonchev–Trinajstić information content (AvgIpc) is 3.18. The number of likely N-dealkylation sites (tertiary alicyclic amines) is 1. The highest BCUT2D eigenvalue weighted by Crippen LogP contribution is 2.31. The molecule has 3 rings (SSSR count). The van der Waals surface area contributed by atoms with Crippen LogP contribution in [-0.2, 0) is 17.4 Å². The fraction of sp³-hybridized carbons (Fsp3) is 0.400. The first-order valence-electron chi connectivity index (χ1n) is 7.17. The molecule has 0 aromatic carbocycles.